The van der Waals surface area contributed by atoms with E-state index in [1.165, 1.54) is 6.07 Å². The van der Waals surface area contributed by atoms with E-state index in [4.69, 9.17) is 4.74 Å². The molecule has 0 radical (unpaired) electrons. The van der Waals surface area contributed by atoms with Gasteiger partial charge in [0.25, 0.3) is 0 Å². The highest BCUT2D eigenvalue weighted by atomic mass is 19.4. The molecule has 2 aliphatic rings. The molecule has 1 N–H and O–H groups in total. The number of nitrogens with zero attached hydrogens (tertiary/aromatic N) is 1. The molecule has 7 heteroatoms. The minimum Gasteiger partial charge on any atom is -0.380 e. The topological polar surface area (TPSA) is 41.6 Å². The number of rotatable bonds is 4. The normalized spacial score (nSPS) is 25.3. The number of likely N-dealkylation sites (tertiary alicyclic amines) is 1. The first-order valence-electron chi connectivity index (χ1n) is 8.22. The zero-order valence-electron chi connectivity index (χ0n) is 13.3. The number of amides is 1. The monoisotopic (exact) mass is 342 g/mol. The van der Waals surface area contributed by atoms with Crippen LogP contribution in [0.2, 0.25) is 0 Å². The van der Waals surface area contributed by atoms with Gasteiger partial charge in [-0.2, -0.15) is 13.2 Å². The molecule has 4 nitrogen and oxygen atoms in total. The van der Waals surface area contributed by atoms with Gasteiger partial charge in [-0.3, -0.25) is 4.79 Å². The second-order valence-corrected chi connectivity index (χ2v) is 6.38. The van der Waals surface area contributed by atoms with E-state index in [9.17, 15) is 18.0 Å². The summed E-state index contributed by atoms with van der Waals surface area (Å²) in [6.45, 7) is 2.10. The quantitative estimate of drug-likeness (QED) is 0.914. The molecule has 1 aromatic rings. The Morgan fingerprint density at radius 3 is 2.83 bits per heavy atom. The largest absolute Gasteiger partial charge is 0.416 e. The molecule has 3 rings (SSSR count). The summed E-state index contributed by atoms with van der Waals surface area (Å²) >= 11 is 0. The number of piperidine rings is 1. The first kappa shape index (κ1) is 17.2. The lowest BCUT2D eigenvalue weighted by Crippen LogP contribution is -2.53. The van der Waals surface area contributed by atoms with Crippen molar-refractivity contribution in [2.24, 2.45) is 0 Å². The maximum Gasteiger partial charge on any atom is 0.416 e. The van der Waals surface area contributed by atoms with Crippen LogP contribution in [-0.4, -0.2) is 42.6 Å². The number of hydrogen-bond acceptors (Lipinski definition) is 3. The van der Waals surface area contributed by atoms with Crippen molar-refractivity contribution in [3.05, 3.63) is 35.4 Å². The fraction of sp³-hybridized carbons (Fsp3) is 0.588. The van der Waals surface area contributed by atoms with Gasteiger partial charge < -0.3 is 15.0 Å². The molecule has 2 saturated heterocycles. The molecular weight excluding hydrogens is 321 g/mol. The average Bonchev–Trinajstić information content (AvgIpc) is 3.04. The van der Waals surface area contributed by atoms with Crippen LogP contribution in [-0.2, 0) is 22.3 Å². The molecule has 2 atom stereocenters. The lowest BCUT2D eigenvalue weighted by atomic mass is 10.0. The molecule has 1 amide bonds. The van der Waals surface area contributed by atoms with Crippen LogP contribution >= 0.6 is 0 Å². The number of alkyl halides is 3. The third kappa shape index (κ3) is 4.08. The van der Waals surface area contributed by atoms with Gasteiger partial charge in [-0.1, -0.05) is 12.1 Å². The number of benzene rings is 1. The van der Waals surface area contributed by atoms with Gasteiger partial charge in [0.2, 0.25) is 5.91 Å². The van der Waals surface area contributed by atoms with Gasteiger partial charge in [-0.05, 0) is 37.0 Å². The highest BCUT2D eigenvalue weighted by Crippen LogP contribution is 2.30. The number of ether oxygens (including phenoxy) is 1. The molecule has 0 bridgehead atoms. The van der Waals surface area contributed by atoms with Crippen LogP contribution in [0.5, 0.6) is 0 Å². The molecule has 1 aromatic carbocycles. The zero-order valence-corrected chi connectivity index (χ0v) is 13.3. The van der Waals surface area contributed by atoms with Crippen molar-refractivity contribution in [1.82, 2.24) is 10.2 Å². The fourth-order valence-electron chi connectivity index (χ4n) is 3.27. The van der Waals surface area contributed by atoms with Gasteiger partial charge >= 0.3 is 6.18 Å². The Labute approximate surface area is 139 Å². The van der Waals surface area contributed by atoms with Gasteiger partial charge in [0, 0.05) is 25.7 Å². The summed E-state index contributed by atoms with van der Waals surface area (Å²) in [5.41, 5.74) is -0.176. The minimum atomic E-state index is -4.37. The third-order valence-electron chi connectivity index (χ3n) is 4.52. The molecule has 0 saturated carbocycles. The zero-order chi connectivity index (χ0) is 17.2. The molecule has 24 heavy (non-hydrogen) atoms. The van der Waals surface area contributed by atoms with E-state index in [1.807, 2.05) is 0 Å². The predicted octanol–water partition coefficient (Wildman–Crippen LogP) is 2.57. The summed E-state index contributed by atoms with van der Waals surface area (Å²) < 4.78 is 43.7. The Kier molecular flexibility index (Phi) is 5.10. The van der Waals surface area contributed by atoms with Crippen LogP contribution in [0.1, 0.15) is 30.4 Å². The lowest BCUT2D eigenvalue weighted by molar-refractivity contribution is -0.137. The second-order valence-electron chi connectivity index (χ2n) is 6.38. The SMILES string of the molecule is O=C1[C@@H](N[C@H]2CCOC2)CCCN1Cc1cccc(C(F)(F)F)c1. The van der Waals surface area contributed by atoms with E-state index in [2.05, 4.69) is 5.32 Å². The van der Waals surface area contributed by atoms with Crippen LogP contribution in [0.4, 0.5) is 13.2 Å². The molecule has 0 aliphatic carbocycles. The third-order valence-corrected chi connectivity index (χ3v) is 4.52. The van der Waals surface area contributed by atoms with Crippen LogP contribution in [0.3, 0.4) is 0 Å². The second kappa shape index (κ2) is 7.11. The molecule has 2 heterocycles. The Morgan fingerprint density at radius 1 is 1.29 bits per heavy atom. The van der Waals surface area contributed by atoms with Crippen molar-refractivity contribution in [2.75, 3.05) is 19.8 Å². The van der Waals surface area contributed by atoms with E-state index in [0.717, 1.165) is 31.4 Å². The van der Waals surface area contributed by atoms with E-state index < -0.39 is 11.7 Å². The summed E-state index contributed by atoms with van der Waals surface area (Å²) in [5.74, 6) is -0.0365. The highest BCUT2D eigenvalue weighted by Gasteiger charge is 2.33. The number of halogens is 3. The molecule has 132 valence electrons. The molecule has 2 aliphatic heterocycles. The molecule has 0 spiro atoms. The Balaban J connectivity index is 1.65. The minimum absolute atomic E-state index is 0.0365. The van der Waals surface area contributed by atoms with Gasteiger partial charge in [0.1, 0.15) is 0 Å². The number of nitrogens with one attached hydrogen (secondary N) is 1. The maximum atomic E-state index is 12.8. The fourth-order valence-corrected chi connectivity index (χ4v) is 3.27. The van der Waals surface area contributed by atoms with Crippen LogP contribution in [0, 0.1) is 0 Å². The van der Waals surface area contributed by atoms with Gasteiger partial charge in [0.05, 0.1) is 18.2 Å². The maximum absolute atomic E-state index is 12.8. The number of carbonyl (C=O) groups excluding carboxylic acids is 1. The number of hydrogen-bond donors (Lipinski definition) is 1. The number of carbonyl (C=O) groups is 1. The Bertz CT molecular complexity index is 585. The Hall–Kier alpha value is -1.60. The highest BCUT2D eigenvalue weighted by molar-refractivity contribution is 5.82. The molecular formula is C17H21F3N2O2. The lowest BCUT2D eigenvalue weighted by Gasteiger charge is -2.34. The van der Waals surface area contributed by atoms with Crippen LogP contribution < -0.4 is 5.32 Å². The summed E-state index contributed by atoms with van der Waals surface area (Å²) in [4.78, 5) is 14.2. The van der Waals surface area contributed by atoms with Crippen molar-refractivity contribution >= 4 is 5.91 Å². The van der Waals surface area contributed by atoms with Crippen molar-refractivity contribution < 1.29 is 22.7 Å². The molecule has 0 unspecified atom stereocenters. The first-order valence-corrected chi connectivity index (χ1v) is 8.22. The first-order chi connectivity index (χ1) is 11.4. The van der Waals surface area contributed by atoms with E-state index in [1.54, 1.807) is 11.0 Å². The average molecular weight is 342 g/mol. The van der Waals surface area contributed by atoms with Crippen molar-refractivity contribution in [1.29, 1.82) is 0 Å². The van der Waals surface area contributed by atoms with Crippen molar-refractivity contribution in [3.63, 3.8) is 0 Å². The smallest absolute Gasteiger partial charge is 0.380 e. The van der Waals surface area contributed by atoms with E-state index in [0.29, 0.717) is 25.3 Å². The van der Waals surface area contributed by atoms with Crippen LogP contribution in [0.25, 0.3) is 0 Å². The molecule has 0 aromatic heterocycles. The summed E-state index contributed by atoms with van der Waals surface area (Å²) in [6, 6.07) is 5.10. The van der Waals surface area contributed by atoms with E-state index >= 15 is 0 Å². The van der Waals surface area contributed by atoms with Crippen molar-refractivity contribution in [3.8, 4) is 0 Å². The van der Waals surface area contributed by atoms with Gasteiger partial charge in [0.15, 0.2) is 0 Å². The summed E-state index contributed by atoms with van der Waals surface area (Å²) in [5, 5.41) is 3.32. The predicted molar refractivity (Wildman–Crippen MR) is 82.2 cm³/mol. The van der Waals surface area contributed by atoms with Crippen molar-refractivity contribution in [2.45, 2.75) is 44.1 Å². The van der Waals surface area contributed by atoms with Crippen LogP contribution in [0.15, 0.2) is 24.3 Å². The molecule has 2 fully saturated rings. The van der Waals surface area contributed by atoms with Gasteiger partial charge in [-0.15, -0.1) is 0 Å². The standard InChI is InChI=1S/C17H21F3N2O2/c18-17(19,20)13-4-1-3-12(9-13)10-22-7-2-5-15(16(22)23)21-14-6-8-24-11-14/h1,3-4,9,14-15,21H,2,5-8,10-11H2/t14-,15-/m0/s1. The van der Waals surface area contributed by atoms with Gasteiger partial charge in [-0.25, -0.2) is 0 Å². The summed E-state index contributed by atoms with van der Waals surface area (Å²) in [7, 11) is 0. The summed E-state index contributed by atoms with van der Waals surface area (Å²) in [6.07, 6.45) is -1.88. The van der Waals surface area contributed by atoms with E-state index in [-0.39, 0.29) is 24.5 Å². The Morgan fingerprint density at radius 2 is 2.12 bits per heavy atom.